The summed E-state index contributed by atoms with van der Waals surface area (Å²) in [6, 6.07) is 4.45. The molecule has 0 heterocycles. The van der Waals surface area contributed by atoms with Gasteiger partial charge < -0.3 is 10.4 Å². The molecule has 0 radical (unpaired) electrons. The average Bonchev–Trinajstić information content (AvgIpc) is 2.44. The Morgan fingerprint density at radius 2 is 1.77 bits per heavy atom. The van der Waals surface area contributed by atoms with Gasteiger partial charge in [-0.1, -0.05) is 18.5 Å². The van der Waals surface area contributed by atoms with Crippen molar-refractivity contribution in [2.45, 2.75) is 24.8 Å². The van der Waals surface area contributed by atoms with Gasteiger partial charge in [-0.15, -0.1) is 0 Å². The molecule has 0 fully saturated rings. The van der Waals surface area contributed by atoms with E-state index in [1.54, 1.807) is 0 Å². The molecule has 0 saturated heterocycles. The fraction of sp³-hybridized carbons (Fsp3) is 0.385. The molecule has 3 N–H and O–H groups in total. The van der Waals surface area contributed by atoms with Crippen LogP contribution in [0.1, 0.15) is 13.8 Å². The van der Waals surface area contributed by atoms with E-state index in [1.165, 1.54) is 38.1 Å². The van der Waals surface area contributed by atoms with Gasteiger partial charge in [0.15, 0.2) is 0 Å². The number of halogens is 1. The Hall–Kier alpha value is -1.64. The lowest BCUT2D eigenvalue weighted by Crippen LogP contribution is -2.46. The maximum atomic E-state index is 12.1. The molecule has 2 unspecified atom stereocenters. The summed E-state index contributed by atoms with van der Waals surface area (Å²) >= 11 is 5.69. The Morgan fingerprint density at radius 3 is 2.27 bits per heavy atom. The molecule has 2 atom stereocenters. The Balaban J connectivity index is 2.66. The van der Waals surface area contributed by atoms with E-state index in [0.29, 0.717) is 5.02 Å². The van der Waals surface area contributed by atoms with Crippen molar-refractivity contribution in [3.8, 4) is 0 Å². The van der Waals surface area contributed by atoms with Gasteiger partial charge in [-0.25, -0.2) is 8.42 Å². The van der Waals surface area contributed by atoms with Crippen LogP contribution in [0.2, 0.25) is 5.02 Å². The number of sulfonamides is 1. The number of hydrogen-bond acceptors (Lipinski definition) is 4. The quantitative estimate of drug-likeness (QED) is 0.676. The number of hydrogen-bond donors (Lipinski definition) is 3. The zero-order chi connectivity index (χ0) is 16.9. The highest BCUT2D eigenvalue weighted by molar-refractivity contribution is 7.89. The van der Waals surface area contributed by atoms with Crippen molar-refractivity contribution in [1.82, 2.24) is 10.0 Å². The predicted octanol–water partition coefficient (Wildman–Crippen LogP) is 0.844. The molecule has 0 aliphatic carbocycles. The van der Waals surface area contributed by atoms with Crippen LogP contribution in [0, 0.1) is 5.92 Å². The first-order valence-corrected chi connectivity index (χ1v) is 8.28. The number of amides is 1. The molecule has 0 aliphatic heterocycles. The predicted molar refractivity (Wildman–Crippen MR) is 81.0 cm³/mol. The highest BCUT2D eigenvalue weighted by Gasteiger charge is 2.22. The Labute approximate surface area is 133 Å². The van der Waals surface area contributed by atoms with Gasteiger partial charge in [-0.3, -0.25) is 9.59 Å². The third-order valence-electron chi connectivity index (χ3n) is 2.85. The molecule has 7 nitrogen and oxygen atoms in total. The summed E-state index contributed by atoms with van der Waals surface area (Å²) in [5.74, 6) is -2.41. The highest BCUT2D eigenvalue weighted by atomic mass is 35.5. The van der Waals surface area contributed by atoms with Crippen LogP contribution in [0.25, 0.3) is 0 Å². The first-order valence-electron chi connectivity index (χ1n) is 6.42. The minimum atomic E-state index is -3.86. The number of benzene rings is 1. The number of carbonyl (C=O) groups excluding carboxylic acids is 1. The maximum absolute atomic E-state index is 12.1. The molecule has 1 rings (SSSR count). The van der Waals surface area contributed by atoms with Crippen molar-refractivity contribution in [3.63, 3.8) is 0 Å². The molecule has 0 aromatic heterocycles. The normalized spacial score (nSPS) is 14.1. The van der Waals surface area contributed by atoms with Crippen LogP contribution in [0.15, 0.2) is 29.2 Å². The lowest BCUT2D eigenvalue weighted by atomic mass is 10.2. The molecule has 1 amide bonds. The molecule has 9 heteroatoms. The fourth-order valence-electron chi connectivity index (χ4n) is 1.46. The van der Waals surface area contributed by atoms with Gasteiger partial charge in [0.25, 0.3) is 0 Å². The Kier molecular flexibility index (Phi) is 6.34. The third kappa shape index (κ3) is 5.28. The molecule has 0 aliphatic rings. The largest absolute Gasteiger partial charge is 0.481 e. The second-order valence-electron chi connectivity index (χ2n) is 4.78. The summed E-state index contributed by atoms with van der Waals surface area (Å²) in [5, 5.41) is 11.5. The van der Waals surface area contributed by atoms with Crippen molar-refractivity contribution in [2.24, 2.45) is 5.92 Å². The number of carboxylic acid groups (broad SMARTS) is 1. The second kappa shape index (κ2) is 7.57. The summed E-state index contributed by atoms with van der Waals surface area (Å²) in [4.78, 5) is 22.4. The van der Waals surface area contributed by atoms with Gasteiger partial charge in [-0.2, -0.15) is 4.72 Å². The van der Waals surface area contributed by atoms with Gasteiger partial charge in [0, 0.05) is 11.6 Å². The highest BCUT2D eigenvalue weighted by Crippen LogP contribution is 2.14. The van der Waals surface area contributed by atoms with Crippen LogP contribution in [-0.2, 0) is 19.6 Å². The van der Waals surface area contributed by atoms with Crippen molar-refractivity contribution >= 4 is 33.5 Å². The number of carbonyl (C=O) groups is 2. The zero-order valence-corrected chi connectivity index (χ0v) is 13.6. The van der Waals surface area contributed by atoms with Crippen molar-refractivity contribution in [2.75, 3.05) is 6.54 Å². The number of aliphatic carboxylic acids is 1. The third-order valence-corrected chi connectivity index (χ3v) is 4.66. The molecule has 1 aromatic rings. The molecule has 0 spiro atoms. The van der Waals surface area contributed by atoms with Gasteiger partial charge in [0.1, 0.15) is 0 Å². The van der Waals surface area contributed by atoms with Gasteiger partial charge in [0.05, 0.1) is 16.9 Å². The van der Waals surface area contributed by atoms with Gasteiger partial charge in [-0.05, 0) is 31.2 Å². The maximum Gasteiger partial charge on any atom is 0.308 e. The van der Waals surface area contributed by atoms with E-state index in [0.717, 1.165) is 0 Å². The molecule has 22 heavy (non-hydrogen) atoms. The molecule has 122 valence electrons. The molecule has 1 aromatic carbocycles. The van der Waals surface area contributed by atoms with E-state index in [9.17, 15) is 18.0 Å². The summed E-state index contributed by atoms with van der Waals surface area (Å²) in [6.45, 7) is 2.72. The Bertz CT molecular complexity index is 645. The smallest absolute Gasteiger partial charge is 0.308 e. The van der Waals surface area contributed by atoms with Crippen molar-refractivity contribution in [3.05, 3.63) is 29.3 Å². The Morgan fingerprint density at radius 1 is 1.23 bits per heavy atom. The van der Waals surface area contributed by atoms with Gasteiger partial charge in [0.2, 0.25) is 15.9 Å². The lowest BCUT2D eigenvalue weighted by molar-refractivity contribution is -0.141. The first kappa shape index (κ1) is 18.4. The van der Waals surface area contributed by atoms with Crippen molar-refractivity contribution in [1.29, 1.82) is 0 Å². The first-order chi connectivity index (χ1) is 10.1. The summed E-state index contributed by atoms with van der Waals surface area (Å²) in [7, 11) is -3.86. The minimum absolute atomic E-state index is 0.0181. The average molecular weight is 349 g/mol. The van der Waals surface area contributed by atoms with Crippen LogP contribution >= 0.6 is 11.6 Å². The van der Waals surface area contributed by atoms with Crippen LogP contribution < -0.4 is 10.0 Å². The van der Waals surface area contributed by atoms with E-state index in [2.05, 4.69) is 10.0 Å². The minimum Gasteiger partial charge on any atom is -0.481 e. The van der Waals surface area contributed by atoms with Gasteiger partial charge >= 0.3 is 5.97 Å². The zero-order valence-electron chi connectivity index (χ0n) is 12.0. The number of rotatable bonds is 7. The van der Waals surface area contributed by atoms with E-state index in [-0.39, 0.29) is 11.4 Å². The molecule has 0 bridgehead atoms. The monoisotopic (exact) mass is 348 g/mol. The lowest BCUT2D eigenvalue weighted by Gasteiger charge is -2.15. The van der Waals surface area contributed by atoms with Crippen LogP contribution in [0.4, 0.5) is 0 Å². The SMILES string of the molecule is CC(CNC(=O)C(C)NS(=O)(=O)c1ccc(Cl)cc1)C(=O)O. The molecule has 0 saturated carbocycles. The van der Waals surface area contributed by atoms with E-state index in [4.69, 9.17) is 16.7 Å². The van der Waals surface area contributed by atoms with E-state index >= 15 is 0 Å². The standard InChI is InChI=1S/C13H17ClN2O5S/c1-8(13(18)19)7-15-12(17)9(2)16-22(20,21)11-5-3-10(14)4-6-11/h3-6,8-9,16H,7H2,1-2H3,(H,15,17)(H,18,19). The number of carboxylic acids is 1. The van der Waals surface area contributed by atoms with Crippen LogP contribution in [0.5, 0.6) is 0 Å². The summed E-state index contributed by atoms with van der Waals surface area (Å²) in [6.07, 6.45) is 0. The number of nitrogens with one attached hydrogen (secondary N) is 2. The van der Waals surface area contributed by atoms with E-state index in [1.807, 2.05) is 0 Å². The van der Waals surface area contributed by atoms with E-state index < -0.39 is 33.9 Å². The van der Waals surface area contributed by atoms with Crippen LogP contribution in [-0.4, -0.2) is 38.0 Å². The fourth-order valence-corrected chi connectivity index (χ4v) is 2.79. The summed E-state index contributed by atoms with van der Waals surface area (Å²) < 4.78 is 26.4. The topological polar surface area (TPSA) is 113 Å². The van der Waals surface area contributed by atoms with Crippen LogP contribution in [0.3, 0.4) is 0 Å². The molecular weight excluding hydrogens is 332 g/mol. The summed E-state index contributed by atoms with van der Waals surface area (Å²) in [5.41, 5.74) is 0. The second-order valence-corrected chi connectivity index (χ2v) is 6.93. The molecular formula is C13H17ClN2O5S. The van der Waals surface area contributed by atoms with Crippen molar-refractivity contribution < 1.29 is 23.1 Å².